The van der Waals surface area contributed by atoms with Crippen molar-refractivity contribution in [2.45, 2.75) is 19.5 Å². The van der Waals surface area contributed by atoms with Gasteiger partial charge in [0, 0.05) is 42.8 Å². The quantitative estimate of drug-likeness (QED) is 0.760. The molecule has 1 aliphatic rings. The van der Waals surface area contributed by atoms with Gasteiger partial charge >= 0.3 is 0 Å². The standard InChI is InChI=1S/C21H25Cl2N3O2/c1-15(21(27)24-19-13-18(23)6-7-20(19)28-2)26-10-8-25(9-11-26)14-16-4-3-5-17(22)12-16/h3-7,12-13,15H,8-11,14H2,1-2H3,(H,24,27)/t15-/m1/s1. The predicted octanol–water partition coefficient (Wildman–Crippen LogP) is 4.15. The van der Waals surface area contributed by atoms with Gasteiger partial charge in [0.1, 0.15) is 5.75 Å². The fraction of sp³-hybridized carbons (Fsp3) is 0.381. The van der Waals surface area contributed by atoms with Crippen LogP contribution in [0.25, 0.3) is 0 Å². The van der Waals surface area contributed by atoms with Gasteiger partial charge in [-0.25, -0.2) is 0 Å². The fourth-order valence-electron chi connectivity index (χ4n) is 3.38. The summed E-state index contributed by atoms with van der Waals surface area (Å²) in [4.78, 5) is 17.3. The number of methoxy groups -OCH3 is 1. The van der Waals surface area contributed by atoms with Crippen LogP contribution in [0.1, 0.15) is 12.5 Å². The summed E-state index contributed by atoms with van der Waals surface area (Å²) in [7, 11) is 1.57. The van der Waals surface area contributed by atoms with Gasteiger partial charge in [0.05, 0.1) is 18.8 Å². The number of nitrogens with one attached hydrogen (secondary N) is 1. The first-order valence-corrected chi connectivity index (χ1v) is 10.1. The van der Waals surface area contributed by atoms with Crippen molar-refractivity contribution in [3.63, 3.8) is 0 Å². The molecule has 0 unspecified atom stereocenters. The number of benzene rings is 2. The molecule has 1 N–H and O–H groups in total. The van der Waals surface area contributed by atoms with Crippen LogP contribution in [-0.2, 0) is 11.3 Å². The maximum absolute atomic E-state index is 12.7. The Morgan fingerprint density at radius 2 is 1.82 bits per heavy atom. The number of ether oxygens (including phenoxy) is 1. The Morgan fingerprint density at radius 3 is 2.50 bits per heavy atom. The van der Waals surface area contributed by atoms with E-state index in [1.807, 2.05) is 25.1 Å². The molecule has 1 saturated heterocycles. The van der Waals surface area contributed by atoms with Crippen molar-refractivity contribution in [1.82, 2.24) is 9.80 Å². The summed E-state index contributed by atoms with van der Waals surface area (Å²) in [6.45, 7) is 6.28. The lowest BCUT2D eigenvalue weighted by Gasteiger charge is -2.37. The molecular formula is C21H25Cl2N3O2. The van der Waals surface area contributed by atoms with E-state index in [1.165, 1.54) is 5.56 Å². The highest BCUT2D eigenvalue weighted by Gasteiger charge is 2.26. The van der Waals surface area contributed by atoms with Gasteiger partial charge in [0.15, 0.2) is 0 Å². The Hall–Kier alpha value is -1.79. The Kier molecular flexibility index (Phi) is 7.18. The molecule has 1 amide bonds. The Morgan fingerprint density at radius 1 is 1.11 bits per heavy atom. The van der Waals surface area contributed by atoms with Crippen molar-refractivity contribution >= 4 is 34.8 Å². The molecule has 2 aromatic rings. The molecule has 1 atom stereocenters. The number of piperazine rings is 1. The molecule has 0 bridgehead atoms. The molecule has 0 aliphatic carbocycles. The predicted molar refractivity (Wildman–Crippen MR) is 114 cm³/mol. The molecule has 0 spiro atoms. The second-order valence-corrected chi connectivity index (χ2v) is 7.82. The lowest BCUT2D eigenvalue weighted by atomic mass is 10.1. The van der Waals surface area contributed by atoms with Gasteiger partial charge in [-0.3, -0.25) is 14.6 Å². The maximum Gasteiger partial charge on any atom is 0.241 e. The monoisotopic (exact) mass is 421 g/mol. The Balaban J connectivity index is 1.54. The summed E-state index contributed by atoms with van der Waals surface area (Å²) >= 11 is 12.1. The number of hydrogen-bond donors (Lipinski definition) is 1. The number of carbonyl (C=O) groups is 1. The third-order valence-electron chi connectivity index (χ3n) is 5.05. The van der Waals surface area contributed by atoms with E-state index in [-0.39, 0.29) is 11.9 Å². The molecule has 1 heterocycles. The van der Waals surface area contributed by atoms with E-state index in [1.54, 1.807) is 25.3 Å². The number of rotatable bonds is 6. The molecule has 28 heavy (non-hydrogen) atoms. The third kappa shape index (κ3) is 5.39. The summed E-state index contributed by atoms with van der Waals surface area (Å²) in [6, 6.07) is 12.9. The number of carbonyl (C=O) groups excluding carboxylic acids is 1. The molecule has 0 radical (unpaired) electrons. The molecule has 7 heteroatoms. The van der Waals surface area contributed by atoms with Gasteiger partial charge in [0.25, 0.3) is 0 Å². The largest absolute Gasteiger partial charge is 0.495 e. The van der Waals surface area contributed by atoms with E-state index in [0.717, 1.165) is 37.7 Å². The van der Waals surface area contributed by atoms with Gasteiger partial charge in [0.2, 0.25) is 5.91 Å². The van der Waals surface area contributed by atoms with E-state index in [2.05, 4.69) is 21.2 Å². The summed E-state index contributed by atoms with van der Waals surface area (Å²) in [6.07, 6.45) is 0. The van der Waals surface area contributed by atoms with Crippen LogP contribution in [0, 0.1) is 0 Å². The normalized spacial score (nSPS) is 16.6. The molecule has 0 saturated carbocycles. The molecule has 5 nitrogen and oxygen atoms in total. The van der Waals surface area contributed by atoms with Crippen LogP contribution in [0.2, 0.25) is 10.0 Å². The number of anilines is 1. The summed E-state index contributed by atoms with van der Waals surface area (Å²) in [5.74, 6) is 0.528. The second kappa shape index (κ2) is 9.61. The minimum atomic E-state index is -0.239. The number of hydrogen-bond acceptors (Lipinski definition) is 4. The van der Waals surface area contributed by atoms with Crippen LogP contribution < -0.4 is 10.1 Å². The molecule has 150 valence electrons. The average molecular weight is 422 g/mol. The van der Waals surface area contributed by atoms with E-state index in [4.69, 9.17) is 27.9 Å². The Bertz CT molecular complexity index is 823. The second-order valence-electron chi connectivity index (χ2n) is 6.95. The molecule has 1 aliphatic heterocycles. The first kappa shape index (κ1) is 20.9. The van der Waals surface area contributed by atoms with Crippen LogP contribution in [0.4, 0.5) is 5.69 Å². The molecule has 0 aromatic heterocycles. The first-order chi connectivity index (χ1) is 13.5. The van der Waals surface area contributed by atoms with Gasteiger partial charge in [-0.2, -0.15) is 0 Å². The van der Waals surface area contributed by atoms with Crippen molar-refractivity contribution in [2.24, 2.45) is 0 Å². The van der Waals surface area contributed by atoms with Crippen molar-refractivity contribution in [3.05, 3.63) is 58.1 Å². The van der Waals surface area contributed by atoms with Gasteiger partial charge in [-0.1, -0.05) is 35.3 Å². The fourth-order valence-corrected chi connectivity index (χ4v) is 3.77. The van der Waals surface area contributed by atoms with Crippen molar-refractivity contribution in [2.75, 3.05) is 38.6 Å². The van der Waals surface area contributed by atoms with E-state index in [9.17, 15) is 4.79 Å². The van der Waals surface area contributed by atoms with E-state index < -0.39 is 0 Å². The zero-order chi connectivity index (χ0) is 20.1. The van der Waals surface area contributed by atoms with E-state index in [0.29, 0.717) is 16.5 Å². The number of amides is 1. The molecule has 2 aromatic carbocycles. The van der Waals surface area contributed by atoms with Crippen LogP contribution in [0.5, 0.6) is 5.75 Å². The van der Waals surface area contributed by atoms with Crippen LogP contribution >= 0.6 is 23.2 Å². The molecule has 3 rings (SSSR count). The summed E-state index contributed by atoms with van der Waals surface area (Å²) in [5, 5.41) is 4.25. The van der Waals surface area contributed by atoms with Gasteiger partial charge in [-0.05, 0) is 42.8 Å². The highest BCUT2D eigenvalue weighted by Crippen LogP contribution is 2.28. The molecular weight excluding hydrogens is 397 g/mol. The van der Waals surface area contributed by atoms with Crippen molar-refractivity contribution in [3.8, 4) is 5.75 Å². The number of nitrogens with zero attached hydrogens (tertiary/aromatic N) is 2. The maximum atomic E-state index is 12.7. The minimum Gasteiger partial charge on any atom is -0.495 e. The Labute approximate surface area is 176 Å². The zero-order valence-corrected chi connectivity index (χ0v) is 17.6. The lowest BCUT2D eigenvalue weighted by molar-refractivity contribution is -0.121. The topological polar surface area (TPSA) is 44.8 Å². The lowest BCUT2D eigenvalue weighted by Crippen LogP contribution is -2.52. The van der Waals surface area contributed by atoms with Crippen LogP contribution in [0.15, 0.2) is 42.5 Å². The summed E-state index contributed by atoms with van der Waals surface area (Å²) < 4.78 is 5.30. The zero-order valence-electron chi connectivity index (χ0n) is 16.1. The van der Waals surface area contributed by atoms with Crippen molar-refractivity contribution in [1.29, 1.82) is 0 Å². The average Bonchev–Trinajstić information content (AvgIpc) is 2.68. The van der Waals surface area contributed by atoms with Crippen LogP contribution in [-0.4, -0.2) is 55.0 Å². The highest BCUT2D eigenvalue weighted by atomic mass is 35.5. The first-order valence-electron chi connectivity index (χ1n) is 9.31. The van der Waals surface area contributed by atoms with Crippen LogP contribution in [0.3, 0.4) is 0 Å². The number of halogens is 2. The highest BCUT2D eigenvalue weighted by molar-refractivity contribution is 6.31. The van der Waals surface area contributed by atoms with E-state index >= 15 is 0 Å². The van der Waals surface area contributed by atoms with Gasteiger partial charge in [-0.15, -0.1) is 0 Å². The van der Waals surface area contributed by atoms with Crippen molar-refractivity contribution < 1.29 is 9.53 Å². The molecule has 1 fully saturated rings. The minimum absolute atomic E-state index is 0.0659. The SMILES string of the molecule is COc1ccc(Cl)cc1NC(=O)[C@@H](C)N1CCN(Cc2cccc(Cl)c2)CC1. The van der Waals surface area contributed by atoms with Gasteiger partial charge < -0.3 is 10.1 Å². The summed E-state index contributed by atoms with van der Waals surface area (Å²) in [5.41, 5.74) is 1.80. The third-order valence-corrected chi connectivity index (χ3v) is 5.52. The smallest absolute Gasteiger partial charge is 0.241 e.